The van der Waals surface area contributed by atoms with E-state index in [0.717, 1.165) is 14.8 Å². The van der Waals surface area contributed by atoms with Crippen molar-refractivity contribution in [3.8, 4) is 5.75 Å². The normalized spacial score (nSPS) is 11.1. The molecule has 0 heterocycles. The lowest BCUT2D eigenvalue weighted by atomic mass is 10.2. The third-order valence-corrected chi connectivity index (χ3v) is 3.61. The van der Waals surface area contributed by atoms with E-state index < -0.39 is 0 Å². The lowest BCUT2D eigenvalue weighted by Crippen LogP contribution is -1.75. The van der Waals surface area contributed by atoms with E-state index in [0.29, 0.717) is 10.2 Å². The van der Waals surface area contributed by atoms with Gasteiger partial charge in [0, 0.05) is 3.57 Å². The number of azo groups is 1. The summed E-state index contributed by atoms with van der Waals surface area (Å²) in [5.74, 6) is 0.106. The van der Waals surface area contributed by atoms with Gasteiger partial charge in [-0.15, -0.1) is 5.11 Å². The molecule has 0 aliphatic rings. The average Bonchev–Trinajstić information content (AvgIpc) is 2.34. The van der Waals surface area contributed by atoms with Gasteiger partial charge in [0.05, 0.1) is 10.2 Å². The Balaban J connectivity index is 2.31. The van der Waals surface area contributed by atoms with Crippen molar-refractivity contribution in [2.75, 3.05) is 0 Å². The zero-order valence-electron chi connectivity index (χ0n) is 9.56. The van der Waals surface area contributed by atoms with Crippen molar-refractivity contribution >= 4 is 49.9 Å². The average molecular weight is 417 g/mol. The molecule has 1 N–H and O–H groups in total. The molecule has 18 heavy (non-hydrogen) atoms. The maximum absolute atomic E-state index is 9.84. The largest absolute Gasteiger partial charge is 0.505 e. The van der Waals surface area contributed by atoms with E-state index in [-0.39, 0.29) is 5.75 Å². The van der Waals surface area contributed by atoms with Gasteiger partial charge in [-0.2, -0.15) is 5.11 Å². The molecule has 5 heteroatoms. The summed E-state index contributed by atoms with van der Waals surface area (Å²) in [4.78, 5) is 0. The maximum Gasteiger partial charge on any atom is 0.157 e. The minimum Gasteiger partial charge on any atom is -0.505 e. The Morgan fingerprint density at radius 2 is 1.78 bits per heavy atom. The van der Waals surface area contributed by atoms with Crippen LogP contribution in [0, 0.1) is 10.5 Å². The first-order valence-corrected chi connectivity index (χ1v) is 7.10. The lowest BCUT2D eigenvalue weighted by Gasteiger charge is -2.02. The molecule has 0 atom stereocenters. The number of phenolic OH excluding ortho intramolecular Hbond substituents is 1. The van der Waals surface area contributed by atoms with Crippen LogP contribution in [0.15, 0.2) is 51.1 Å². The molecule has 3 nitrogen and oxygen atoms in total. The first-order valence-electron chi connectivity index (χ1n) is 5.22. The number of aromatic hydroxyl groups is 1. The molecule has 0 aliphatic carbocycles. The predicted octanol–water partition coefficient (Wildman–Crippen LogP) is 5.48. The molecular formula is C13H10BrIN2O. The Morgan fingerprint density at radius 1 is 1.11 bits per heavy atom. The van der Waals surface area contributed by atoms with Crippen LogP contribution in [0.5, 0.6) is 5.75 Å². The summed E-state index contributed by atoms with van der Waals surface area (Å²) < 4.78 is 1.77. The number of phenols is 1. The van der Waals surface area contributed by atoms with Crippen LogP contribution in [0.3, 0.4) is 0 Å². The smallest absolute Gasteiger partial charge is 0.157 e. The second kappa shape index (κ2) is 5.79. The Labute approximate surface area is 127 Å². The van der Waals surface area contributed by atoms with E-state index in [2.05, 4.69) is 48.7 Å². The van der Waals surface area contributed by atoms with E-state index in [4.69, 9.17) is 0 Å². The molecule has 0 amide bonds. The second-order valence-electron chi connectivity index (χ2n) is 3.79. The molecule has 92 valence electrons. The number of aryl methyl sites for hydroxylation is 1. The highest BCUT2D eigenvalue weighted by atomic mass is 127. The minimum atomic E-state index is 0.106. The van der Waals surface area contributed by atoms with Crippen LogP contribution in [-0.4, -0.2) is 5.11 Å². The van der Waals surface area contributed by atoms with E-state index in [1.807, 2.05) is 37.3 Å². The number of rotatable bonds is 2. The van der Waals surface area contributed by atoms with Gasteiger partial charge in [0.25, 0.3) is 0 Å². The van der Waals surface area contributed by atoms with Crippen LogP contribution >= 0.6 is 38.5 Å². The molecule has 2 rings (SSSR count). The molecule has 0 unspecified atom stereocenters. The molecule has 0 spiro atoms. The topological polar surface area (TPSA) is 45.0 Å². The predicted molar refractivity (Wildman–Crippen MR) is 83.9 cm³/mol. The van der Waals surface area contributed by atoms with Gasteiger partial charge in [-0.25, -0.2) is 0 Å². The molecule has 0 aliphatic heterocycles. The fourth-order valence-electron chi connectivity index (χ4n) is 1.41. The first kappa shape index (κ1) is 13.5. The molecule has 2 aromatic carbocycles. The van der Waals surface area contributed by atoms with Crippen molar-refractivity contribution in [2.24, 2.45) is 10.2 Å². The number of halogens is 2. The van der Waals surface area contributed by atoms with Crippen molar-refractivity contribution in [2.45, 2.75) is 6.92 Å². The van der Waals surface area contributed by atoms with Gasteiger partial charge in [0.15, 0.2) is 5.75 Å². The standard InChI is InChI=1S/C13H10BrIN2O/c1-8-6-11(14)13(18)12(7-8)17-16-10-4-2-9(15)3-5-10/h2-7,18H,1H3. The van der Waals surface area contributed by atoms with E-state index in [1.54, 1.807) is 6.07 Å². The summed E-state index contributed by atoms with van der Waals surface area (Å²) in [6.45, 7) is 1.94. The van der Waals surface area contributed by atoms with Crippen LogP contribution in [-0.2, 0) is 0 Å². The monoisotopic (exact) mass is 416 g/mol. The van der Waals surface area contributed by atoms with Crippen LogP contribution in [0.25, 0.3) is 0 Å². The number of hydrogen-bond acceptors (Lipinski definition) is 3. The molecule has 2 aromatic rings. The number of hydrogen-bond donors (Lipinski definition) is 1. The lowest BCUT2D eigenvalue weighted by molar-refractivity contribution is 0.473. The highest BCUT2D eigenvalue weighted by molar-refractivity contribution is 14.1. The Bertz CT molecular complexity index is 597. The summed E-state index contributed by atoms with van der Waals surface area (Å²) in [7, 11) is 0. The minimum absolute atomic E-state index is 0.106. The van der Waals surface area contributed by atoms with Gasteiger partial charge < -0.3 is 5.11 Å². The van der Waals surface area contributed by atoms with Crippen molar-refractivity contribution in [1.82, 2.24) is 0 Å². The van der Waals surface area contributed by atoms with Crippen LogP contribution in [0.4, 0.5) is 11.4 Å². The van der Waals surface area contributed by atoms with Gasteiger partial charge in [-0.05, 0) is 87.4 Å². The maximum atomic E-state index is 9.84. The van der Waals surface area contributed by atoms with E-state index in [1.165, 1.54) is 0 Å². The Kier molecular flexibility index (Phi) is 4.34. The number of benzene rings is 2. The highest BCUT2D eigenvalue weighted by Crippen LogP contribution is 2.36. The Morgan fingerprint density at radius 3 is 2.44 bits per heavy atom. The quantitative estimate of drug-likeness (QED) is 0.511. The van der Waals surface area contributed by atoms with Gasteiger partial charge in [-0.1, -0.05) is 0 Å². The fourth-order valence-corrected chi connectivity index (χ4v) is 2.34. The fraction of sp³-hybridized carbons (Fsp3) is 0.0769. The van der Waals surface area contributed by atoms with Gasteiger partial charge >= 0.3 is 0 Å². The zero-order valence-corrected chi connectivity index (χ0v) is 13.3. The van der Waals surface area contributed by atoms with Crippen LogP contribution in [0.1, 0.15) is 5.56 Å². The van der Waals surface area contributed by atoms with Gasteiger partial charge in [0.2, 0.25) is 0 Å². The SMILES string of the molecule is Cc1cc(Br)c(O)c(N=Nc2ccc(I)cc2)c1. The highest BCUT2D eigenvalue weighted by Gasteiger charge is 2.05. The summed E-state index contributed by atoms with van der Waals surface area (Å²) >= 11 is 5.51. The van der Waals surface area contributed by atoms with Crippen LogP contribution < -0.4 is 0 Å². The Hall–Kier alpha value is -0.950. The van der Waals surface area contributed by atoms with Crippen molar-refractivity contribution in [3.05, 3.63) is 50.0 Å². The molecule has 0 saturated heterocycles. The molecular weight excluding hydrogens is 407 g/mol. The van der Waals surface area contributed by atoms with E-state index >= 15 is 0 Å². The molecule has 0 radical (unpaired) electrons. The second-order valence-corrected chi connectivity index (χ2v) is 5.89. The van der Waals surface area contributed by atoms with Gasteiger partial charge in [0.1, 0.15) is 5.69 Å². The van der Waals surface area contributed by atoms with Crippen LogP contribution in [0.2, 0.25) is 0 Å². The van der Waals surface area contributed by atoms with E-state index in [9.17, 15) is 5.11 Å². The van der Waals surface area contributed by atoms with Crippen molar-refractivity contribution in [1.29, 1.82) is 0 Å². The molecule has 0 bridgehead atoms. The first-order chi connectivity index (χ1) is 8.56. The van der Waals surface area contributed by atoms with Crippen molar-refractivity contribution in [3.63, 3.8) is 0 Å². The third-order valence-electron chi connectivity index (χ3n) is 2.29. The number of nitrogens with zero attached hydrogens (tertiary/aromatic N) is 2. The summed E-state index contributed by atoms with van der Waals surface area (Å²) in [6.07, 6.45) is 0. The summed E-state index contributed by atoms with van der Waals surface area (Å²) in [5.41, 5.74) is 2.23. The summed E-state index contributed by atoms with van der Waals surface area (Å²) in [5, 5.41) is 18.0. The van der Waals surface area contributed by atoms with Crippen molar-refractivity contribution < 1.29 is 5.11 Å². The third kappa shape index (κ3) is 3.29. The van der Waals surface area contributed by atoms with Gasteiger partial charge in [-0.3, -0.25) is 0 Å². The summed E-state index contributed by atoms with van der Waals surface area (Å²) in [6, 6.07) is 11.3. The molecule has 0 saturated carbocycles. The molecule has 0 fully saturated rings. The zero-order chi connectivity index (χ0) is 13.1. The molecule has 0 aromatic heterocycles.